The Kier molecular flexibility index (Phi) is 5.18. The van der Waals surface area contributed by atoms with Gasteiger partial charge in [0.2, 0.25) is 5.95 Å². The fraction of sp³-hybridized carbons (Fsp3) is 0.261. The maximum Gasteiger partial charge on any atom is 0.229 e. The van der Waals surface area contributed by atoms with E-state index in [0.717, 1.165) is 24.5 Å². The molecule has 1 saturated heterocycles. The zero-order valence-electron chi connectivity index (χ0n) is 17.8. The van der Waals surface area contributed by atoms with E-state index in [1.165, 1.54) is 18.2 Å². The molecule has 1 aromatic carbocycles. The first-order chi connectivity index (χ1) is 15.5. The smallest absolute Gasteiger partial charge is 0.229 e. The van der Waals surface area contributed by atoms with Crippen molar-refractivity contribution < 1.29 is 8.78 Å². The van der Waals surface area contributed by atoms with Crippen LogP contribution in [0.25, 0.3) is 16.8 Å². The highest BCUT2D eigenvalue weighted by molar-refractivity contribution is 5.74. The number of hydrogen-bond acceptors (Lipinski definition) is 6. The van der Waals surface area contributed by atoms with Gasteiger partial charge in [0, 0.05) is 31.4 Å². The molecule has 0 spiro atoms. The zero-order chi connectivity index (χ0) is 22.2. The summed E-state index contributed by atoms with van der Waals surface area (Å²) in [6, 6.07) is 9.72. The molecular weight excluding hydrogens is 412 g/mol. The molecule has 5 rings (SSSR count). The predicted octanol–water partition coefficient (Wildman–Crippen LogP) is 4.00. The molecule has 0 aliphatic carbocycles. The molecule has 1 unspecified atom stereocenters. The number of halogens is 2. The van der Waals surface area contributed by atoms with Gasteiger partial charge in [-0.05, 0) is 44.2 Å². The third-order valence-corrected chi connectivity index (χ3v) is 5.72. The lowest BCUT2D eigenvalue weighted by atomic mass is 10.1. The third-order valence-electron chi connectivity index (χ3n) is 5.72. The first-order valence-electron chi connectivity index (χ1n) is 10.5. The molecule has 7 nitrogen and oxygen atoms in total. The van der Waals surface area contributed by atoms with Crippen molar-refractivity contribution in [1.29, 1.82) is 0 Å². The first-order valence-corrected chi connectivity index (χ1v) is 10.5. The van der Waals surface area contributed by atoms with Gasteiger partial charge in [-0.15, -0.1) is 0 Å². The number of aromatic nitrogens is 4. The molecule has 0 radical (unpaired) electrons. The summed E-state index contributed by atoms with van der Waals surface area (Å²) < 4.78 is 30.1. The summed E-state index contributed by atoms with van der Waals surface area (Å²) in [5.74, 6) is -0.894. The highest BCUT2D eigenvalue weighted by atomic mass is 19.1. The molecule has 1 fully saturated rings. The highest BCUT2D eigenvalue weighted by Crippen LogP contribution is 2.31. The number of piperazine rings is 1. The molecule has 4 aromatic rings. The van der Waals surface area contributed by atoms with E-state index in [1.807, 2.05) is 6.07 Å². The van der Waals surface area contributed by atoms with Gasteiger partial charge in [-0.2, -0.15) is 9.61 Å². The van der Waals surface area contributed by atoms with Crippen molar-refractivity contribution in [3.63, 3.8) is 0 Å². The standard InChI is InChI=1S/C23H23F2N7/c1-14-13-31(15(2)10-27-14)21-8-9-26-12-20(21)29-23-28-11-16-6-7-19(30-32(16)23)22-17(24)4-3-5-18(22)25/h3-9,11-12,14-15,27H,10,13H2,1-2H3,(H,28,29)/t14?,15-/m1/s1. The van der Waals surface area contributed by atoms with E-state index in [-0.39, 0.29) is 11.3 Å². The molecule has 4 heterocycles. The van der Waals surface area contributed by atoms with Crippen LogP contribution in [0.1, 0.15) is 13.8 Å². The normalized spacial score (nSPS) is 18.8. The number of benzene rings is 1. The van der Waals surface area contributed by atoms with Crippen LogP contribution in [-0.2, 0) is 0 Å². The lowest BCUT2D eigenvalue weighted by Crippen LogP contribution is -2.54. The van der Waals surface area contributed by atoms with Gasteiger partial charge in [-0.1, -0.05) is 6.07 Å². The average Bonchev–Trinajstić information content (AvgIpc) is 3.18. The lowest BCUT2D eigenvalue weighted by Gasteiger charge is -2.40. The second-order valence-corrected chi connectivity index (χ2v) is 8.06. The summed E-state index contributed by atoms with van der Waals surface area (Å²) in [5.41, 5.74) is 2.51. The van der Waals surface area contributed by atoms with Gasteiger partial charge < -0.3 is 15.5 Å². The Labute approximate surface area is 184 Å². The summed E-state index contributed by atoms with van der Waals surface area (Å²) in [6.07, 6.45) is 5.17. The second kappa shape index (κ2) is 8.16. The first kappa shape index (κ1) is 20.3. The molecule has 2 N–H and O–H groups in total. The molecule has 1 aliphatic rings. The molecule has 3 aromatic heterocycles. The van der Waals surface area contributed by atoms with Gasteiger partial charge in [-0.25, -0.2) is 13.8 Å². The van der Waals surface area contributed by atoms with Crippen LogP contribution in [0.3, 0.4) is 0 Å². The van der Waals surface area contributed by atoms with Crippen LogP contribution in [0, 0.1) is 11.6 Å². The van der Waals surface area contributed by atoms with Crippen molar-refractivity contribution in [3.8, 4) is 11.3 Å². The Morgan fingerprint density at radius 2 is 1.88 bits per heavy atom. The number of anilines is 3. The minimum absolute atomic E-state index is 0.167. The molecule has 1 aliphatic heterocycles. The minimum Gasteiger partial charge on any atom is -0.364 e. The van der Waals surface area contributed by atoms with E-state index >= 15 is 0 Å². The van der Waals surface area contributed by atoms with E-state index in [1.54, 1.807) is 35.2 Å². The summed E-state index contributed by atoms with van der Waals surface area (Å²) >= 11 is 0. The maximum atomic E-state index is 14.3. The predicted molar refractivity (Wildman–Crippen MR) is 120 cm³/mol. The molecule has 0 bridgehead atoms. The van der Waals surface area contributed by atoms with Crippen LogP contribution in [-0.4, -0.2) is 44.8 Å². The van der Waals surface area contributed by atoms with Crippen molar-refractivity contribution in [2.75, 3.05) is 23.3 Å². The maximum absolute atomic E-state index is 14.3. The van der Waals surface area contributed by atoms with E-state index < -0.39 is 11.6 Å². The van der Waals surface area contributed by atoms with E-state index in [4.69, 9.17) is 0 Å². The molecule has 0 saturated carbocycles. The van der Waals surface area contributed by atoms with Gasteiger partial charge in [0.25, 0.3) is 0 Å². The Morgan fingerprint density at radius 3 is 2.69 bits per heavy atom. The fourth-order valence-corrected chi connectivity index (χ4v) is 4.06. The van der Waals surface area contributed by atoms with Gasteiger partial charge in [0.15, 0.2) is 0 Å². The fourth-order valence-electron chi connectivity index (χ4n) is 4.06. The van der Waals surface area contributed by atoms with Crippen molar-refractivity contribution in [3.05, 3.63) is 66.6 Å². The molecule has 2 atom stereocenters. The number of hydrogen-bond donors (Lipinski definition) is 2. The minimum atomic E-state index is -0.664. The van der Waals surface area contributed by atoms with E-state index in [2.05, 4.69) is 44.4 Å². The number of nitrogens with zero attached hydrogens (tertiary/aromatic N) is 5. The van der Waals surface area contributed by atoms with Crippen molar-refractivity contribution in [1.82, 2.24) is 24.9 Å². The van der Waals surface area contributed by atoms with Crippen LogP contribution >= 0.6 is 0 Å². The zero-order valence-corrected chi connectivity index (χ0v) is 17.8. The van der Waals surface area contributed by atoms with Crippen LogP contribution in [0.2, 0.25) is 0 Å². The number of pyridine rings is 1. The molecule has 9 heteroatoms. The Bertz CT molecular complexity index is 1250. The van der Waals surface area contributed by atoms with Crippen LogP contribution < -0.4 is 15.5 Å². The van der Waals surface area contributed by atoms with E-state index in [0.29, 0.717) is 23.5 Å². The Morgan fingerprint density at radius 1 is 1.06 bits per heavy atom. The number of nitrogens with one attached hydrogen (secondary N) is 2. The van der Waals surface area contributed by atoms with Crippen molar-refractivity contribution >= 4 is 22.8 Å². The van der Waals surface area contributed by atoms with Crippen LogP contribution in [0.15, 0.2) is 55.0 Å². The van der Waals surface area contributed by atoms with E-state index in [9.17, 15) is 8.78 Å². The largest absolute Gasteiger partial charge is 0.364 e. The number of imidazole rings is 1. The summed E-state index contributed by atoms with van der Waals surface area (Å²) in [5, 5.41) is 11.3. The summed E-state index contributed by atoms with van der Waals surface area (Å²) in [4.78, 5) is 11.0. The quantitative estimate of drug-likeness (QED) is 0.505. The number of rotatable bonds is 4. The van der Waals surface area contributed by atoms with Gasteiger partial charge in [0.1, 0.15) is 11.6 Å². The monoisotopic (exact) mass is 435 g/mol. The van der Waals surface area contributed by atoms with Gasteiger partial charge in [-0.3, -0.25) is 4.98 Å². The third kappa shape index (κ3) is 3.64. The lowest BCUT2D eigenvalue weighted by molar-refractivity contribution is 0.425. The molecular formula is C23H23F2N7. The summed E-state index contributed by atoms with van der Waals surface area (Å²) in [7, 11) is 0. The molecule has 0 amide bonds. The Balaban J connectivity index is 1.53. The SMILES string of the molecule is CC1CN(c2ccncc2Nc2ncc3ccc(-c4c(F)cccc4F)nn23)[C@H](C)CN1. The topological polar surface area (TPSA) is 70.4 Å². The van der Waals surface area contributed by atoms with Gasteiger partial charge in [0.05, 0.1) is 40.5 Å². The summed E-state index contributed by atoms with van der Waals surface area (Å²) in [6.45, 7) is 6.07. The van der Waals surface area contributed by atoms with Gasteiger partial charge >= 0.3 is 0 Å². The van der Waals surface area contributed by atoms with Crippen molar-refractivity contribution in [2.45, 2.75) is 25.9 Å². The van der Waals surface area contributed by atoms with Crippen LogP contribution in [0.5, 0.6) is 0 Å². The molecule has 164 valence electrons. The Hall–Kier alpha value is -3.59. The average molecular weight is 435 g/mol. The number of fused-ring (bicyclic) bond motifs is 1. The van der Waals surface area contributed by atoms with Crippen LogP contribution in [0.4, 0.5) is 26.1 Å². The second-order valence-electron chi connectivity index (χ2n) is 8.06. The molecule has 32 heavy (non-hydrogen) atoms. The van der Waals surface area contributed by atoms with Crippen molar-refractivity contribution in [2.24, 2.45) is 0 Å². The highest BCUT2D eigenvalue weighted by Gasteiger charge is 2.25.